The van der Waals surface area contributed by atoms with E-state index in [1.807, 2.05) is 31.1 Å². The quantitative estimate of drug-likeness (QED) is 0.719. The molecule has 1 aromatic rings. The molecule has 0 radical (unpaired) electrons. The predicted octanol–water partition coefficient (Wildman–Crippen LogP) is 3.91. The average Bonchev–Trinajstić information content (AvgIpc) is 2.59. The Balaban J connectivity index is 1.86. The van der Waals surface area contributed by atoms with Crippen LogP contribution in [0, 0.1) is 17.8 Å². The number of nitrogens with zero attached hydrogens (tertiary/aromatic N) is 1. The van der Waals surface area contributed by atoms with Gasteiger partial charge in [-0.15, -0.1) is 0 Å². The fraction of sp³-hybridized carbons (Fsp3) is 0.619. The van der Waals surface area contributed by atoms with E-state index in [4.69, 9.17) is 9.47 Å². The standard InChI is InChI=1S/C21H31NO4/c1-14(2)18-11-6-15(3)12-19(18)26-20(23)13-25-21(24)16-7-9-17(10-8-16)22(4)5/h7-10,14-15,18-19H,6,11-13H2,1-5H3/t15-,18+,19-/m1/s1. The first kappa shape index (κ1) is 20.3. The van der Waals surface area contributed by atoms with Gasteiger partial charge in [-0.3, -0.25) is 0 Å². The molecular formula is C21H31NO4. The van der Waals surface area contributed by atoms with Crippen LogP contribution in [0.4, 0.5) is 5.69 Å². The molecule has 5 heteroatoms. The Labute approximate surface area is 156 Å². The maximum Gasteiger partial charge on any atom is 0.344 e. The summed E-state index contributed by atoms with van der Waals surface area (Å²) in [6.07, 6.45) is 3.06. The largest absolute Gasteiger partial charge is 0.460 e. The fourth-order valence-corrected chi connectivity index (χ4v) is 3.56. The molecule has 0 aromatic heterocycles. The zero-order valence-corrected chi connectivity index (χ0v) is 16.5. The first-order valence-electron chi connectivity index (χ1n) is 9.42. The second-order valence-corrected chi connectivity index (χ2v) is 7.87. The highest BCUT2D eigenvalue weighted by Gasteiger charge is 2.33. The van der Waals surface area contributed by atoms with E-state index in [9.17, 15) is 9.59 Å². The Morgan fingerprint density at radius 1 is 1.15 bits per heavy atom. The third-order valence-corrected chi connectivity index (χ3v) is 5.18. The normalized spacial score (nSPS) is 22.8. The number of hydrogen-bond donors (Lipinski definition) is 0. The highest BCUT2D eigenvalue weighted by atomic mass is 16.6. The first-order chi connectivity index (χ1) is 12.3. The van der Waals surface area contributed by atoms with E-state index in [1.165, 1.54) is 6.42 Å². The van der Waals surface area contributed by atoms with Gasteiger partial charge in [0.15, 0.2) is 6.61 Å². The van der Waals surface area contributed by atoms with E-state index in [2.05, 4.69) is 20.8 Å². The van der Waals surface area contributed by atoms with Crippen LogP contribution in [0.15, 0.2) is 24.3 Å². The van der Waals surface area contributed by atoms with Crippen LogP contribution in [-0.2, 0) is 14.3 Å². The van der Waals surface area contributed by atoms with Crippen molar-refractivity contribution in [1.29, 1.82) is 0 Å². The van der Waals surface area contributed by atoms with E-state index >= 15 is 0 Å². The minimum Gasteiger partial charge on any atom is -0.460 e. The van der Waals surface area contributed by atoms with Gasteiger partial charge < -0.3 is 14.4 Å². The first-order valence-corrected chi connectivity index (χ1v) is 9.42. The van der Waals surface area contributed by atoms with Gasteiger partial charge in [0.05, 0.1) is 5.56 Å². The van der Waals surface area contributed by atoms with Crippen molar-refractivity contribution in [2.45, 2.75) is 46.1 Å². The summed E-state index contributed by atoms with van der Waals surface area (Å²) in [5.74, 6) is 0.431. The van der Waals surface area contributed by atoms with Gasteiger partial charge in [-0.25, -0.2) is 9.59 Å². The Morgan fingerprint density at radius 3 is 2.38 bits per heavy atom. The molecule has 1 aliphatic carbocycles. The molecule has 1 saturated carbocycles. The SMILES string of the molecule is CC(C)[C@@H]1CC[C@@H](C)C[C@H]1OC(=O)COC(=O)c1ccc(N(C)C)cc1. The van der Waals surface area contributed by atoms with E-state index in [1.54, 1.807) is 12.1 Å². The summed E-state index contributed by atoms with van der Waals surface area (Å²) >= 11 is 0. The molecule has 26 heavy (non-hydrogen) atoms. The highest BCUT2D eigenvalue weighted by molar-refractivity contribution is 5.91. The Morgan fingerprint density at radius 2 is 1.81 bits per heavy atom. The zero-order chi connectivity index (χ0) is 19.3. The third-order valence-electron chi connectivity index (χ3n) is 5.18. The number of esters is 2. The predicted molar refractivity (Wildman–Crippen MR) is 102 cm³/mol. The summed E-state index contributed by atoms with van der Waals surface area (Å²) < 4.78 is 10.8. The number of anilines is 1. The van der Waals surface area contributed by atoms with Crippen molar-refractivity contribution >= 4 is 17.6 Å². The lowest BCUT2D eigenvalue weighted by atomic mass is 9.75. The maximum absolute atomic E-state index is 12.2. The second kappa shape index (κ2) is 9.06. The smallest absolute Gasteiger partial charge is 0.344 e. The van der Waals surface area contributed by atoms with Gasteiger partial charge in [-0.05, 0) is 54.9 Å². The van der Waals surface area contributed by atoms with Gasteiger partial charge in [0.1, 0.15) is 6.10 Å². The van der Waals surface area contributed by atoms with Crippen molar-refractivity contribution in [2.24, 2.45) is 17.8 Å². The Bertz CT molecular complexity index is 609. The van der Waals surface area contributed by atoms with Gasteiger partial charge in [-0.2, -0.15) is 0 Å². The molecule has 2 rings (SSSR count). The minimum absolute atomic E-state index is 0.0793. The van der Waals surface area contributed by atoms with Crippen molar-refractivity contribution in [3.05, 3.63) is 29.8 Å². The lowest BCUT2D eigenvalue weighted by Gasteiger charge is -2.36. The van der Waals surface area contributed by atoms with Crippen molar-refractivity contribution in [2.75, 3.05) is 25.6 Å². The van der Waals surface area contributed by atoms with Crippen LogP contribution in [0.25, 0.3) is 0 Å². The fourth-order valence-electron chi connectivity index (χ4n) is 3.56. The number of ether oxygens (including phenoxy) is 2. The molecule has 144 valence electrons. The summed E-state index contributed by atoms with van der Waals surface area (Å²) in [6, 6.07) is 7.07. The van der Waals surface area contributed by atoms with Crippen LogP contribution in [0.1, 0.15) is 50.4 Å². The molecule has 1 fully saturated rings. The zero-order valence-electron chi connectivity index (χ0n) is 16.5. The summed E-state index contributed by atoms with van der Waals surface area (Å²) in [4.78, 5) is 26.2. The second-order valence-electron chi connectivity index (χ2n) is 7.87. The summed E-state index contributed by atoms with van der Waals surface area (Å²) in [5.41, 5.74) is 1.42. The number of benzene rings is 1. The molecule has 0 bridgehead atoms. The maximum atomic E-state index is 12.2. The third kappa shape index (κ3) is 5.48. The molecule has 0 spiro atoms. The van der Waals surface area contributed by atoms with Crippen LogP contribution in [-0.4, -0.2) is 38.7 Å². The molecule has 1 aliphatic rings. The van der Waals surface area contributed by atoms with Gasteiger partial charge in [0.25, 0.3) is 0 Å². The van der Waals surface area contributed by atoms with E-state index in [0.29, 0.717) is 23.3 Å². The van der Waals surface area contributed by atoms with Crippen LogP contribution in [0.2, 0.25) is 0 Å². The number of hydrogen-bond acceptors (Lipinski definition) is 5. The molecular weight excluding hydrogens is 330 g/mol. The number of rotatable bonds is 6. The van der Waals surface area contributed by atoms with Gasteiger partial charge in [0, 0.05) is 19.8 Å². The van der Waals surface area contributed by atoms with Crippen LogP contribution < -0.4 is 4.90 Å². The van der Waals surface area contributed by atoms with Crippen LogP contribution in [0.5, 0.6) is 0 Å². The summed E-state index contributed by atoms with van der Waals surface area (Å²) in [5, 5.41) is 0. The van der Waals surface area contributed by atoms with Gasteiger partial charge >= 0.3 is 11.9 Å². The number of carbonyl (C=O) groups excluding carboxylic acids is 2. The molecule has 0 unspecified atom stereocenters. The molecule has 5 nitrogen and oxygen atoms in total. The summed E-state index contributed by atoms with van der Waals surface area (Å²) in [7, 11) is 3.86. The molecule has 0 amide bonds. The van der Waals surface area contributed by atoms with E-state index in [-0.39, 0.29) is 12.7 Å². The van der Waals surface area contributed by atoms with Crippen molar-refractivity contribution in [3.63, 3.8) is 0 Å². The average molecular weight is 361 g/mol. The number of carbonyl (C=O) groups is 2. The van der Waals surface area contributed by atoms with Gasteiger partial charge in [0.2, 0.25) is 0 Å². The van der Waals surface area contributed by atoms with Crippen molar-refractivity contribution < 1.29 is 19.1 Å². The lowest BCUT2D eigenvalue weighted by Crippen LogP contribution is -2.36. The monoisotopic (exact) mass is 361 g/mol. The Kier molecular flexibility index (Phi) is 7.06. The lowest BCUT2D eigenvalue weighted by molar-refractivity contribution is -0.159. The Hall–Kier alpha value is -2.04. The molecule has 0 saturated heterocycles. The van der Waals surface area contributed by atoms with E-state index < -0.39 is 11.9 Å². The molecule has 3 atom stereocenters. The summed E-state index contributed by atoms with van der Waals surface area (Å²) in [6.45, 7) is 6.18. The van der Waals surface area contributed by atoms with Crippen LogP contribution >= 0.6 is 0 Å². The molecule has 0 N–H and O–H groups in total. The van der Waals surface area contributed by atoms with E-state index in [0.717, 1.165) is 18.5 Å². The molecule has 0 heterocycles. The minimum atomic E-state index is -0.510. The topological polar surface area (TPSA) is 55.8 Å². The molecule has 1 aromatic carbocycles. The van der Waals surface area contributed by atoms with Gasteiger partial charge in [-0.1, -0.05) is 27.2 Å². The molecule has 0 aliphatic heterocycles. The van der Waals surface area contributed by atoms with Crippen molar-refractivity contribution in [3.8, 4) is 0 Å². The highest BCUT2D eigenvalue weighted by Crippen LogP contribution is 2.35. The van der Waals surface area contributed by atoms with Crippen LogP contribution in [0.3, 0.4) is 0 Å². The van der Waals surface area contributed by atoms with Crippen molar-refractivity contribution in [1.82, 2.24) is 0 Å².